The van der Waals surface area contributed by atoms with Crippen molar-refractivity contribution in [3.05, 3.63) is 71.4 Å². The number of aromatic carboxylic acids is 1. The van der Waals surface area contributed by atoms with Crippen LogP contribution in [0.4, 0.5) is 14.5 Å². The van der Waals surface area contributed by atoms with Crippen LogP contribution in [-0.4, -0.2) is 28.3 Å². The lowest BCUT2D eigenvalue weighted by atomic mass is 9.94. The van der Waals surface area contributed by atoms with Gasteiger partial charge >= 0.3 is 12.3 Å². The van der Waals surface area contributed by atoms with E-state index in [0.29, 0.717) is 40.9 Å². The Bertz CT molecular complexity index is 1300. The second kappa shape index (κ2) is 7.26. The molecule has 2 N–H and O–H groups in total. The molecule has 2 aliphatic rings. The van der Waals surface area contributed by atoms with Gasteiger partial charge < -0.3 is 19.9 Å². The van der Waals surface area contributed by atoms with Gasteiger partial charge in [0.1, 0.15) is 0 Å². The fraction of sp³-hybridized carbons (Fsp3) is 0.208. The fourth-order valence-corrected chi connectivity index (χ4v) is 4.02. The first-order chi connectivity index (χ1) is 15.7. The monoisotopic (exact) mass is 452 g/mol. The van der Waals surface area contributed by atoms with Gasteiger partial charge in [-0.15, -0.1) is 8.78 Å². The SMILES string of the molecule is Cc1c(NC(=O)C2(c3ccc4c(c3)OC(F)(F)O4)CC2)ccnc1-c1cccc(C(=O)O)c1. The van der Waals surface area contributed by atoms with Gasteiger partial charge in [0.05, 0.1) is 16.7 Å². The summed E-state index contributed by atoms with van der Waals surface area (Å²) < 4.78 is 35.7. The summed E-state index contributed by atoms with van der Waals surface area (Å²) in [7, 11) is 0. The Morgan fingerprint density at radius 1 is 1.06 bits per heavy atom. The average Bonchev–Trinajstić information content (AvgIpc) is 3.52. The Kier molecular flexibility index (Phi) is 4.59. The number of aromatic nitrogens is 1. The van der Waals surface area contributed by atoms with Crippen LogP contribution in [0.1, 0.15) is 34.3 Å². The summed E-state index contributed by atoms with van der Waals surface area (Å²) in [6.07, 6.45) is -1.06. The highest BCUT2D eigenvalue weighted by molar-refractivity contribution is 6.02. The first-order valence-corrected chi connectivity index (χ1v) is 10.2. The first kappa shape index (κ1) is 20.9. The molecule has 1 saturated carbocycles. The Labute approximate surface area is 187 Å². The summed E-state index contributed by atoms with van der Waals surface area (Å²) in [6, 6.07) is 12.5. The highest BCUT2D eigenvalue weighted by Crippen LogP contribution is 2.52. The van der Waals surface area contributed by atoms with Crippen LogP contribution in [0.5, 0.6) is 11.5 Å². The number of hydrogen-bond donors (Lipinski definition) is 2. The lowest BCUT2D eigenvalue weighted by Crippen LogP contribution is -2.28. The zero-order valence-corrected chi connectivity index (χ0v) is 17.4. The molecule has 5 rings (SSSR count). The van der Waals surface area contributed by atoms with Crippen LogP contribution in [0.2, 0.25) is 0 Å². The summed E-state index contributed by atoms with van der Waals surface area (Å²) >= 11 is 0. The van der Waals surface area contributed by atoms with Gasteiger partial charge in [0.25, 0.3) is 0 Å². The molecule has 9 heteroatoms. The minimum atomic E-state index is -3.72. The molecule has 33 heavy (non-hydrogen) atoms. The lowest BCUT2D eigenvalue weighted by molar-refractivity contribution is -0.286. The van der Waals surface area contributed by atoms with Crippen LogP contribution in [-0.2, 0) is 10.2 Å². The standard InChI is InChI=1S/C24H18F2N2O5/c1-13-17(7-10-27-20(13)14-3-2-4-15(11-14)21(29)30)28-22(31)23(8-9-23)16-5-6-18-19(12-16)33-24(25,26)32-18/h2-7,10-12H,8-9H2,1H3,(H,29,30)(H,27,28,31). The molecule has 7 nitrogen and oxygen atoms in total. The molecule has 1 aromatic heterocycles. The van der Waals surface area contributed by atoms with Crippen molar-refractivity contribution in [2.45, 2.75) is 31.5 Å². The number of nitrogens with zero attached hydrogens (tertiary/aromatic N) is 1. The molecule has 0 radical (unpaired) electrons. The molecule has 3 aromatic rings. The highest BCUT2D eigenvalue weighted by atomic mass is 19.3. The van der Waals surface area contributed by atoms with E-state index in [0.717, 1.165) is 0 Å². The van der Waals surface area contributed by atoms with Crippen LogP contribution in [0, 0.1) is 6.92 Å². The summed E-state index contributed by atoms with van der Waals surface area (Å²) in [4.78, 5) is 28.9. The maximum Gasteiger partial charge on any atom is 0.586 e. The molecule has 0 bridgehead atoms. The van der Waals surface area contributed by atoms with E-state index in [4.69, 9.17) is 0 Å². The molecule has 168 valence electrons. The maximum atomic E-state index is 13.4. The van der Waals surface area contributed by atoms with Gasteiger partial charge in [-0.3, -0.25) is 9.78 Å². The van der Waals surface area contributed by atoms with Crippen molar-refractivity contribution in [1.82, 2.24) is 4.98 Å². The number of carboxylic acids is 1. The second-order valence-electron chi connectivity index (χ2n) is 8.08. The summed E-state index contributed by atoms with van der Waals surface area (Å²) in [6.45, 7) is 1.79. The number of hydrogen-bond acceptors (Lipinski definition) is 5. The van der Waals surface area contributed by atoms with Crippen molar-refractivity contribution in [2.75, 3.05) is 5.32 Å². The topological polar surface area (TPSA) is 97.8 Å². The largest absolute Gasteiger partial charge is 0.586 e. The van der Waals surface area contributed by atoms with Crippen molar-refractivity contribution >= 4 is 17.6 Å². The number of benzene rings is 2. The maximum absolute atomic E-state index is 13.4. The molecule has 2 aromatic carbocycles. The normalized spacial score (nSPS) is 16.8. The zero-order valence-electron chi connectivity index (χ0n) is 17.4. The number of carbonyl (C=O) groups excluding carboxylic acids is 1. The molecule has 1 aliphatic heterocycles. The van der Waals surface area contributed by atoms with E-state index in [1.165, 1.54) is 30.5 Å². The number of ether oxygens (including phenoxy) is 2. The van der Waals surface area contributed by atoms with Gasteiger partial charge in [-0.2, -0.15) is 0 Å². The molecule has 2 heterocycles. The molecule has 0 atom stereocenters. The number of carboxylic acid groups (broad SMARTS) is 1. The van der Waals surface area contributed by atoms with E-state index in [2.05, 4.69) is 19.8 Å². The number of anilines is 1. The van der Waals surface area contributed by atoms with Crippen molar-refractivity contribution < 1.29 is 33.0 Å². The minimum Gasteiger partial charge on any atom is -0.478 e. The van der Waals surface area contributed by atoms with Gasteiger partial charge in [0.15, 0.2) is 11.5 Å². The Balaban J connectivity index is 1.42. The zero-order chi connectivity index (χ0) is 23.4. The number of nitrogens with one attached hydrogen (secondary N) is 1. The van der Waals surface area contributed by atoms with Crippen LogP contribution in [0.3, 0.4) is 0 Å². The molecular formula is C24H18F2N2O5. The van der Waals surface area contributed by atoms with E-state index < -0.39 is 17.7 Å². The summed E-state index contributed by atoms with van der Waals surface area (Å²) in [5.41, 5.74) is 2.22. The van der Waals surface area contributed by atoms with Crippen LogP contribution >= 0.6 is 0 Å². The van der Waals surface area contributed by atoms with Crippen molar-refractivity contribution in [1.29, 1.82) is 0 Å². The van der Waals surface area contributed by atoms with E-state index in [-0.39, 0.29) is 23.0 Å². The van der Waals surface area contributed by atoms with E-state index in [1.54, 1.807) is 31.2 Å². The van der Waals surface area contributed by atoms with E-state index >= 15 is 0 Å². The van der Waals surface area contributed by atoms with Gasteiger partial charge in [0.2, 0.25) is 5.91 Å². The van der Waals surface area contributed by atoms with Crippen LogP contribution in [0.15, 0.2) is 54.7 Å². The highest BCUT2D eigenvalue weighted by Gasteiger charge is 2.52. The smallest absolute Gasteiger partial charge is 0.478 e. The lowest BCUT2D eigenvalue weighted by Gasteiger charge is -2.18. The van der Waals surface area contributed by atoms with Crippen molar-refractivity contribution in [2.24, 2.45) is 0 Å². The molecule has 0 unspecified atom stereocenters. The van der Waals surface area contributed by atoms with Crippen molar-refractivity contribution in [3.63, 3.8) is 0 Å². The second-order valence-corrected chi connectivity index (χ2v) is 8.08. The number of pyridine rings is 1. The first-order valence-electron chi connectivity index (χ1n) is 10.2. The number of fused-ring (bicyclic) bond motifs is 1. The quantitative estimate of drug-likeness (QED) is 0.580. The Morgan fingerprint density at radius 3 is 2.55 bits per heavy atom. The number of amides is 1. The van der Waals surface area contributed by atoms with E-state index in [1.807, 2.05) is 0 Å². The van der Waals surface area contributed by atoms with Gasteiger partial charge in [-0.25, -0.2) is 4.79 Å². The molecule has 0 saturated heterocycles. The number of halogens is 2. The number of rotatable bonds is 5. The summed E-state index contributed by atoms with van der Waals surface area (Å²) in [5.74, 6) is -1.49. The third kappa shape index (κ3) is 3.65. The van der Waals surface area contributed by atoms with Gasteiger partial charge in [0, 0.05) is 17.4 Å². The minimum absolute atomic E-state index is 0.0711. The molecule has 1 amide bonds. The molecule has 1 fully saturated rings. The number of carbonyl (C=O) groups is 2. The fourth-order valence-electron chi connectivity index (χ4n) is 4.02. The summed E-state index contributed by atoms with van der Waals surface area (Å²) in [5, 5.41) is 12.2. The van der Waals surface area contributed by atoms with Crippen LogP contribution < -0.4 is 14.8 Å². The molecule has 0 spiro atoms. The van der Waals surface area contributed by atoms with E-state index in [9.17, 15) is 23.5 Å². The van der Waals surface area contributed by atoms with Crippen molar-refractivity contribution in [3.8, 4) is 22.8 Å². The van der Waals surface area contributed by atoms with Gasteiger partial charge in [-0.1, -0.05) is 18.2 Å². The molecule has 1 aliphatic carbocycles. The number of alkyl halides is 2. The third-order valence-electron chi connectivity index (χ3n) is 5.97. The molecular weight excluding hydrogens is 434 g/mol. The predicted octanol–water partition coefficient (Wildman–Crippen LogP) is 4.75. The van der Waals surface area contributed by atoms with Gasteiger partial charge in [-0.05, 0) is 61.2 Å². The Morgan fingerprint density at radius 2 is 1.82 bits per heavy atom. The predicted molar refractivity (Wildman–Crippen MR) is 114 cm³/mol. The third-order valence-corrected chi connectivity index (χ3v) is 5.97. The average molecular weight is 452 g/mol. The Hall–Kier alpha value is -4.01. The van der Waals surface area contributed by atoms with Crippen LogP contribution in [0.25, 0.3) is 11.3 Å².